The molecule has 0 bridgehead atoms. The molecule has 0 radical (unpaired) electrons. The number of hydrogen-bond donors (Lipinski definition) is 1. The summed E-state index contributed by atoms with van der Waals surface area (Å²) in [6.45, 7) is 5.13. The molecule has 0 unspecified atom stereocenters. The highest BCUT2D eigenvalue weighted by Gasteiger charge is 2.50. The fraction of sp³-hybridized carbons (Fsp3) is 0.833. The van der Waals surface area contributed by atoms with E-state index in [9.17, 15) is 9.59 Å². The molecule has 3 atom stereocenters. The summed E-state index contributed by atoms with van der Waals surface area (Å²) in [5.41, 5.74) is -0.772. The quantitative estimate of drug-likeness (QED) is 0.788. The van der Waals surface area contributed by atoms with E-state index in [4.69, 9.17) is 9.84 Å². The average Bonchev–Trinajstić information content (AvgIpc) is 2.91. The van der Waals surface area contributed by atoms with Gasteiger partial charge in [0.05, 0.1) is 17.4 Å². The summed E-state index contributed by atoms with van der Waals surface area (Å²) in [7, 11) is 0. The van der Waals surface area contributed by atoms with Crippen molar-refractivity contribution in [2.75, 3.05) is 19.7 Å². The van der Waals surface area contributed by atoms with Crippen LogP contribution in [-0.4, -0.2) is 47.7 Å². The van der Waals surface area contributed by atoms with Gasteiger partial charge < -0.3 is 14.7 Å². The second-order valence-electron chi connectivity index (χ2n) is 5.21. The van der Waals surface area contributed by atoms with E-state index in [-0.39, 0.29) is 17.9 Å². The zero-order valence-corrected chi connectivity index (χ0v) is 10.3. The van der Waals surface area contributed by atoms with E-state index >= 15 is 0 Å². The Kier molecular flexibility index (Phi) is 3.12. The van der Waals surface area contributed by atoms with E-state index in [0.29, 0.717) is 26.1 Å². The first kappa shape index (κ1) is 12.4. The van der Waals surface area contributed by atoms with Crippen LogP contribution in [0.2, 0.25) is 0 Å². The zero-order chi connectivity index (χ0) is 12.6. The van der Waals surface area contributed by atoms with E-state index in [1.54, 1.807) is 11.8 Å². The smallest absolute Gasteiger partial charge is 0.311 e. The van der Waals surface area contributed by atoms with Gasteiger partial charge in [-0.05, 0) is 26.7 Å². The van der Waals surface area contributed by atoms with Crippen LogP contribution in [0.4, 0.5) is 0 Å². The minimum Gasteiger partial charge on any atom is -0.481 e. The molecule has 2 aliphatic rings. The molecule has 1 heterocycles. The van der Waals surface area contributed by atoms with Gasteiger partial charge >= 0.3 is 5.97 Å². The van der Waals surface area contributed by atoms with E-state index in [0.717, 1.165) is 6.42 Å². The first-order valence-electron chi connectivity index (χ1n) is 6.12. The summed E-state index contributed by atoms with van der Waals surface area (Å²) in [6.07, 6.45) is 1.39. The lowest BCUT2D eigenvalue weighted by Gasteiger charge is -2.20. The number of rotatable bonds is 4. The number of ether oxygens (including phenoxy) is 1. The maximum absolute atomic E-state index is 12.1. The van der Waals surface area contributed by atoms with Crippen LogP contribution in [0.15, 0.2) is 0 Å². The molecule has 0 spiro atoms. The minimum atomic E-state index is -0.815. The van der Waals surface area contributed by atoms with Gasteiger partial charge in [-0.25, -0.2) is 0 Å². The van der Waals surface area contributed by atoms with Crippen molar-refractivity contribution in [1.29, 1.82) is 0 Å². The number of carboxylic acid groups (broad SMARTS) is 1. The number of nitrogens with zero attached hydrogens (tertiary/aromatic N) is 1. The van der Waals surface area contributed by atoms with Crippen LogP contribution in [-0.2, 0) is 14.3 Å². The molecule has 1 amide bonds. The highest BCUT2D eigenvalue weighted by Crippen LogP contribution is 2.38. The van der Waals surface area contributed by atoms with E-state index in [2.05, 4.69) is 0 Å². The molecule has 1 aliphatic heterocycles. The average molecular weight is 241 g/mol. The molecule has 1 saturated heterocycles. The third-order valence-electron chi connectivity index (χ3n) is 3.73. The van der Waals surface area contributed by atoms with Crippen LogP contribution < -0.4 is 0 Å². The summed E-state index contributed by atoms with van der Waals surface area (Å²) < 4.78 is 5.38. The summed E-state index contributed by atoms with van der Waals surface area (Å²) in [5, 5.41) is 9.10. The molecule has 17 heavy (non-hydrogen) atoms. The van der Waals surface area contributed by atoms with Gasteiger partial charge in [0.2, 0.25) is 5.91 Å². The first-order valence-corrected chi connectivity index (χ1v) is 6.12. The molecule has 5 nitrogen and oxygen atoms in total. The van der Waals surface area contributed by atoms with Crippen molar-refractivity contribution in [1.82, 2.24) is 4.90 Å². The summed E-state index contributed by atoms with van der Waals surface area (Å²) in [5.74, 6) is -0.788. The maximum Gasteiger partial charge on any atom is 0.311 e. The summed E-state index contributed by atoms with van der Waals surface area (Å²) in [6, 6.07) is 0. The third-order valence-corrected chi connectivity index (χ3v) is 3.73. The number of carboxylic acids is 1. The molecule has 0 aromatic heterocycles. The topological polar surface area (TPSA) is 66.8 Å². The van der Waals surface area contributed by atoms with Crippen LogP contribution in [0.25, 0.3) is 0 Å². The van der Waals surface area contributed by atoms with Gasteiger partial charge in [-0.15, -0.1) is 0 Å². The second kappa shape index (κ2) is 4.29. The van der Waals surface area contributed by atoms with E-state index in [1.165, 1.54) is 0 Å². The fourth-order valence-electron chi connectivity index (χ4n) is 2.39. The Bertz CT molecular complexity index is 343. The Morgan fingerprint density at radius 1 is 1.53 bits per heavy atom. The molecular weight excluding hydrogens is 222 g/mol. The fourth-order valence-corrected chi connectivity index (χ4v) is 2.39. The van der Waals surface area contributed by atoms with Crippen molar-refractivity contribution in [3.05, 3.63) is 0 Å². The molecule has 5 heteroatoms. The Labute approximate surface area is 101 Å². The number of likely N-dealkylation sites (tertiary alicyclic amines) is 1. The molecule has 1 aliphatic carbocycles. The Morgan fingerprint density at radius 3 is 2.76 bits per heavy atom. The highest BCUT2D eigenvalue weighted by atomic mass is 16.5. The van der Waals surface area contributed by atoms with Gasteiger partial charge in [0.25, 0.3) is 0 Å². The van der Waals surface area contributed by atoms with Crippen LogP contribution >= 0.6 is 0 Å². The lowest BCUT2D eigenvalue weighted by Crippen LogP contribution is -2.36. The molecule has 1 N–H and O–H groups in total. The van der Waals surface area contributed by atoms with E-state index < -0.39 is 11.4 Å². The molecule has 2 rings (SSSR count). The van der Waals surface area contributed by atoms with Crippen molar-refractivity contribution in [2.24, 2.45) is 11.3 Å². The highest BCUT2D eigenvalue weighted by molar-refractivity contribution is 5.84. The normalized spacial score (nSPS) is 36.0. The molecule has 96 valence electrons. The largest absolute Gasteiger partial charge is 0.481 e. The number of carbonyl (C=O) groups is 2. The van der Waals surface area contributed by atoms with Crippen LogP contribution in [0.3, 0.4) is 0 Å². The van der Waals surface area contributed by atoms with Crippen molar-refractivity contribution in [2.45, 2.75) is 32.8 Å². The monoisotopic (exact) mass is 241 g/mol. The van der Waals surface area contributed by atoms with Crippen molar-refractivity contribution in [3.63, 3.8) is 0 Å². The van der Waals surface area contributed by atoms with Gasteiger partial charge in [0, 0.05) is 19.7 Å². The minimum absolute atomic E-state index is 0.0360. The van der Waals surface area contributed by atoms with Crippen LogP contribution in [0.5, 0.6) is 0 Å². The van der Waals surface area contributed by atoms with Gasteiger partial charge in [-0.2, -0.15) is 0 Å². The lowest BCUT2D eigenvalue weighted by molar-refractivity contribution is -0.147. The van der Waals surface area contributed by atoms with Crippen molar-refractivity contribution < 1.29 is 19.4 Å². The SMILES string of the molecule is CCO[C@@H]1C[C@H]1C(=O)N1CC[C@](C)(C(=O)O)C1. The Hall–Kier alpha value is -1.10. The molecule has 1 saturated carbocycles. The Balaban J connectivity index is 1.89. The Morgan fingerprint density at radius 2 is 2.24 bits per heavy atom. The summed E-state index contributed by atoms with van der Waals surface area (Å²) >= 11 is 0. The van der Waals surface area contributed by atoms with Crippen molar-refractivity contribution >= 4 is 11.9 Å². The van der Waals surface area contributed by atoms with Gasteiger partial charge in [-0.3, -0.25) is 9.59 Å². The maximum atomic E-state index is 12.1. The molecular formula is C12H19NO4. The van der Waals surface area contributed by atoms with Gasteiger partial charge in [0.15, 0.2) is 0 Å². The molecule has 0 aromatic rings. The standard InChI is InChI=1S/C12H19NO4/c1-3-17-9-6-8(9)10(14)13-5-4-12(2,7-13)11(15)16/h8-9H,3-7H2,1-2H3,(H,15,16)/t8-,9-,12+/m1/s1. The predicted octanol–water partition coefficient (Wildman–Crippen LogP) is 0.735. The first-order chi connectivity index (χ1) is 7.98. The van der Waals surface area contributed by atoms with Crippen LogP contribution in [0, 0.1) is 11.3 Å². The summed E-state index contributed by atoms with van der Waals surface area (Å²) in [4.78, 5) is 24.8. The second-order valence-corrected chi connectivity index (χ2v) is 5.21. The van der Waals surface area contributed by atoms with E-state index in [1.807, 2.05) is 6.92 Å². The lowest BCUT2D eigenvalue weighted by atomic mass is 9.90. The predicted molar refractivity (Wildman–Crippen MR) is 60.5 cm³/mol. The van der Waals surface area contributed by atoms with Gasteiger partial charge in [-0.1, -0.05) is 0 Å². The molecule has 2 fully saturated rings. The van der Waals surface area contributed by atoms with Crippen LogP contribution in [0.1, 0.15) is 26.7 Å². The number of carbonyl (C=O) groups excluding carboxylic acids is 1. The number of aliphatic carboxylic acids is 1. The zero-order valence-electron chi connectivity index (χ0n) is 10.3. The van der Waals surface area contributed by atoms with Gasteiger partial charge in [0.1, 0.15) is 0 Å². The number of hydrogen-bond acceptors (Lipinski definition) is 3. The van der Waals surface area contributed by atoms with Crippen molar-refractivity contribution in [3.8, 4) is 0 Å². The molecule has 0 aromatic carbocycles. The third kappa shape index (κ3) is 2.29. The number of amides is 1.